The zero-order valence-electron chi connectivity index (χ0n) is 60.8. The molecule has 18 heterocycles. The molecule has 12 nitrogen and oxygen atoms in total. The molecule has 0 aliphatic carbocycles. The number of fused-ring (bicyclic) bond motifs is 6. The highest BCUT2D eigenvalue weighted by Crippen LogP contribution is 2.33. The lowest BCUT2D eigenvalue weighted by molar-refractivity contribution is -0.673. The molecular formula is C90H92N12+6. The Morgan fingerprint density at radius 2 is 0.824 bits per heavy atom. The fraction of sp³-hybridized carbons (Fsp3) is 0.156. The second kappa shape index (κ2) is 30.5. The van der Waals surface area contributed by atoms with Gasteiger partial charge in [0.2, 0.25) is 34.2 Å². The molecule has 2 aliphatic rings. The highest BCUT2D eigenvalue weighted by Gasteiger charge is 2.27. The largest absolute Gasteiger partial charge is 0.347 e. The number of rotatable bonds is 6. The molecule has 0 aromatic carbocycles. The summed E-state index contributed by atoms with van der Waals surface area (Å²) in [6, 6.07) is 79.0. The van der Waals surface area contributed by atoms with Gasteiger partial charge in [-0.2, -0.15) is 9.13 Å². The average Bonchev–Trinajstić information content (AvgIpc) is 1.58. The van der Waals surface area contributed by atoms with Gasteiger partial charge >= 0.3 is 0 Å². The van der Waals surface area contributed by atoms with Gasteiger partial charge in [0, 0.05) is 167 Å². The van der Waals surface area contributed by atoms with Crippen molar-refractivity contribution in [3.05, 3.63) is 363 Å². The number of pyridine rings is 11. The van der Waals surface area contributed by atoms with Crippen LogP contribution < -0.4 is 27.4 Å². The van der Waals surface area contributed by atoms with E-state index in [1.54, 1.807) is 0 Å². The minimum Gasteiger partial charge on any atom is -0.347 e. The van der Waals surface area contributed by atoms with Crippen LogP contribution in [0, 0.1) is 34.6 Å². The Morgan fingerprint density at radius 1 is 0.343 bits per heavy atom. The molecular weight excluding hydrogens is 1250 g/mol. The Kier molecular flexibility index (Phi) is 20.4. The number of nitrogens with zero attached hydrogens (tertiary/aromatic N) is 12. The summed E-state index contributed by atoms with van der Waals surface area (Å²) in [5.74, 6) is 0. The van der Waals surface area contributed by atoms with Crippen molar-refractivity contribution in [3.8, 4) is 56.5 Å². The smallest absolute Gasteiger partial charge is 0.229 e. The average molecular weight is 1340 g/mol. The Balaban J connectivity index is 0.000000109. The third-order valence-corrected chi connectivity index (χ3v) is 19.7. The maximum Gasteiger partial charge on any atom is 0.229 e. The molecule has 0 spiro atoms. The lowest BCUT2D eigenvalue weighted by Gasteiger charge is -2.27. The first kappa shape index (κ1) is 68.3. The fourth-order valence-corrected chi connectivity index (χ4v) is 14.1. The summed E-state index contributed by atoms with van der Waals surface area (Å²) in [4.78, 5) is 2.29. The van der Waals surface area contributed by atoms with Crippen LogP contribution in [0.25, 0.3) is 89.7 Å². The zero-order valence-corrected chi connectivity index (χ0v) is 60.8. The molecule has 1 unspecified atom stereocenters. The molecule has 1 atom stereocenters. The summed E-state index contributed by atoms with van der Waals surface area (Å²) >= 11 is 0. The first-order valence-electron chi connectivity index (χ1n) is 35.0. The van der Waals surface area contributed by atoms with Crippen LogP contribution >= 0.6 is 0 Å². The van der Waals surface area contributed by atoms with Gasteiger partial charge in [-0.3, -0.25) is 0 Å². The standard InChI is InChI=1S/5C15H15N2.C15H17N2/c1-12-14(15-7-3-4-10-16(15)2)9-8-13-6-5-11-17(12)13;1-12-8-9-13-6-5-11-17(13)15(12)14-7-3-4-10-16(14)2;1-12-9-10-13-6-5-8-15(17(12)13)14-7-3-4-11-16(14)2;1-12-11-17-9-5-6-13(17)10-14(12)15-7-3-4-8-16(15)2;1-12-10-13-6-5-9-17(13)11-14(12)15-7-3-4-8-16(15)2;1-12-13(15-6-3-4-9-16(15)2)8-11-17-10-5-7-14(12)17/h5*3-11H,1-2H3;3-6,8-11,14H,7H2,1-2H3/q6*+1. The third-order valence-electron chi connectivity index (χ3n) is 19.7. The summed E-state index contributed by atoms with van der Waals surface area (Å²) < 4.78 is 24.0. The first-order valence-corrected chi connectivity index (χ1v) is 35.0. The summed E-state index contributed by atoms with van der Waals surface area (Å²) in [5.41, 5.74) is 29.2. The number of aryl methyl sites for hydroxylation is 11. The van der Waals surface area contributed by atoms with Gasteiger partial charge in [-0.05, 0) is 216 Å². The van der Waals surface area contributed by atoms with E-state index in [2.05, 4.69) is 443 Å². The number of hydrogen-bond donors (Lipinski definition) is 0. The van der Waals surface area contributed by atoms with Gasteiger partial charge in [-0.25, -0.2) is 18.3 Å². The molecule has 0 saturated carbocycles. The second-order valence-electron chi connectivity index (χ2n) is 26.5. The van der Waals surface area contributed by atoms with Crippen LogP contribution in [-0.2, 0) is 42.3 Å². The SMILES string of the molecule is CC1=C(c2cccc[n+]2C)C=CN2C=CCC12.Cc1c(-c2cccc[n+]2C)ccc2cccn12.Cc1cc2cccn2cc1-c1cccc[n+]1C.Cc1ccc2cccc(-c3cccc[n+]3C)n12.Cc1ccc2cccn2c1-c1cccc[n+]1C.Cc1cn2cccc2cc1-c1cccc[n+]1C. The van der Waals surface area contributed by atoms with E-state index in [0.717, 1.165) is 6.42 Å². The predicted molar refractivity (Wildman–Crippen MR) is 412 cm³/mol. The van der Waals surface area contributed by atoms with Gasteiger partial charge in [0.05, 0.1) is 22.7 Å². The van der Waals surface area contributed by atoms with E-state index < -0.39 is 0 Å². The topological polar surface area (TPSA) is 48.6 Å². The minimum atomic E-state index is 0.523. The Morgan fingerprint density at radius 3 is 1.43 bits per heavy atom. The lowest BCUT2D eigenvalue weighted by atomic mass is 9.95. The van der Waals surface area contributed by atoms with Crippen molar-refractivity contribution in [1.82, 2.24) is 26.9 Å². The highest BCUT2D eigenvalue weighted by atomic mass is 15.1. The maximum absolute atomic E-state index is 2.29. The van der Waals surface area contributed by atoms with Crippen LogP contribution in [0.3, 0.4) is 0 Å². The molecule has 16 aromatic rings. The van der Waals surface area contributed by atoms with Crippen molar-refractivity contribution in [2.24, 2.45) is 42.3 Å². The van der Waals surface area contributed by atoms with Crippen LogP contribution in [0.1, 0.15) is 47.1 Å². The Bertz CT molecular complexity index is 5580. The summed E-state index contributed by atoms with van der Waals surface area (Å²) in [7, 11) is 12.5. The number of aromatic nitrogens is 11. The van der Waals surface area contributed by atoms with Crippen LogP contribution in [0.2, 0.25) is 0 Å². The lowest BCUT2D eigenvalue weighted by Crippen LogP contribution is -2.34. The third kappa shape index (κ3) is 14.4. The van der Waals surface area contributed by atoms with E-state index in [1.807, 2.05) is 18.2 Å². The van der Waals surface area contributed by atoms with Gasteiger partial charge < -0.3 is 26.9 Å². The molecule has 0 amide bonds. The fourth-order valence-electron chi connectivity index (χ4n) is 14.1. The van der Waals surface area contributed by atoms with Crippen molar-refractivity contribution in [2.75, 3.05) is 0 Å². The zero-order chi connectivity index (χ0) is 71.0. The van der Waals surface area contributed by atoms with E-state index in [1.165, 1.54) is 129 Å². The maximum atomic E-state index is 2.29. The second-order valence-corrected chi connectivity index (χ2v) is 26.5. The molecule has 18 rings (SSSR count). The van der Waals surface area contributed by atoms with E-state index in [0.29, 0.717) is 6.04 Å². The van der Waals surface area contributed by atoms with Crippen molar-refractivity contribution >= 4 is 33.2 Å². The molecule has 0 radical (unpaired) electrons. The summed E-state index contributed by atoms with van der Waals surface area (Å²) in [5, 5.41) is 0. The molecule has 0 N–H and O–H groups in total. The number of allylic oxidation sites excluding steroid dienone is 2. The van der Waals surface area contributed by atoms with Gasteiger partial charge in [0.25, 0.3) is 0 Å². The quantitative estimate of drug-likeness (QED) is 0.153. The van der Waals surface area contributed by atoms with Gasteiger partial charge in [-0.1, -0.05) is 18.2 Å². The van der Waals surface area contributed by atoms with Crippen molar-refractivity contribution in [2.45, 2.75) is 54.0 Å². The van der Waals surface area contributed by atoms with Crippen molar-refractivity contribution < 1.29 is 27.4 Å². The molecule has 2 aliphatic heterocycles. The van der Waals surface area contributed by atoms with E-state index in [4.69, 9.17) is 0 Å². The highest BCUT2D eigenvalue weighted by molar-refractivity contribution is 5.75. The van der Waals surface area contributed by atoms with Crippen LogP contribution in [0.15, 0.2) is 329 Å². The monoisotopic (exact) mass is 1340 g/mol. The predicted octanol–water partition coefficient (Wildman–Crippen LogP) is 16.1. The minimum absolute atomic E-state index is 0.523. The van der Waals surface area contributed by atoms with Crippen LogP contribution in [0.5, 0.6) is 0 Å². The molecule has 506 valence electrons. The molecule has 0 fully saturated rings. The molecule has 0 saturated heterocycles. The van der Waals surface area contributed by atoms with Crippen LogP contribution in [-0.4, -0.2) is 32.9 Å². The van der Waals surface area contributed by atoms with Crippen LogP contribution in [0.4, 0.5) is 0 Å². The number of hydrogen-bond acceptors (Lipinski definition) is 1. The van der Waals surface area contributed by atoms with E-state index >= 15 is 0 Å². The van der Waals surface area contributed by atoms with Gasteiger partial charge in [0.15, 0.2) is 37.2 Å². The van der Waals surface area contributed by atoms with E-state index in [9.17, 15) is 0 Å². The summed E-state index contributed by atoms with van der Waals surface area (Å²) in [6.45, 7) is 13.0. The Hall–Kier alpha value is -12.3. The molecule has 12 heteroatoms. The first-order chi connectivity index (χ1) is 49.6. The normalized spacial score (nSPS) is 12.8. The van der Waals surface area contributed by atoms with E-state index in [-0.39, 0.29) is 0 Å². The molecule has 16 aromatic heterocycles. The van der Waals surface area contributed by atoms with Crippen molar-refractivity contribution in [1.29, 1.82) is 0 Å². The molecule has 102 heavy (non-hydrogen) atoms. The van der Waals surface area contributed by atoms with Crippen molar-refractivity contribution in [3.63, 3.8) is 0 Å². The molecule has 0 bridgehead atoms. The van der Waals surface area contributed by atoms with Gasteiger partial charge in [0.1, 0.15) is 53.7 Å². The summed E-state index contributed by atoms with van der Waals surface area (Å²) in [6.07, 6.45) is 35.2. The van der Waals surface area contributed by atoms with Gasteiger partial charge in [-0.15, -0.1) is 0 Å². The Labute approximate surface area is 599 Å².